The van der Waals surface area contributed by atoms with Gasteiger partial charge in [0.2, 0.25) is 0 Å². The Hall–Kier alpha value is -1.27. The lowest BCUT2D eigenvalue weighted by Gasteiger charge is -2.38. The molecule has 0 spiro atoms. The molecule has 0 atom stereocenters. The first-order valence-electron chi connectivity index (χ1n) is 7.86. The van der Waals surface area contributed by atoms with E-state index < -0.39 is 5.54 Å². The molecule has 2 amide bonds. The van der Waals surface area contributed by atoms with E-state index in [1.807, 2.05) is 30.3 Å². The fourth-order valence-corrected chi connectivity index (χ4v) is 3.78. The maximum Gasteiger partial charge on any atom is 0.319 e. The van der Waals surface area contributed by atoms with Gasteiger partial charge in [0.15, 0.2) is 0 Å². The lowest BCUT2D eigenvalue weighted by Crippen LogP contribution is -2.50. The maximum atomic E-state index is 12.6. The van der Waals surface area contributed by atoms with Crippen LogP contribution >= 0.6 is 39.1 Å². The SMILES string of the molecule is O=C(Nc1ccc(Br)cc1Cl)NC1(c2ccc(Cl)cc2)CCOCC1. The number of hydrogen-bond acceptors (Lipinski definition) is 2. The predicted molar refractivity (Wildman–Crippen MR) is 104 cm³/mol. The molecular formula is C18H17BrCl2N2O2. The van der Waals surface area contributed by atoms with E-state index in [1.165, 1.54) is 0 Å². The summed E-state index contributed by atoms with van der Waals surface area (Å²) in [6.07, 6.45) is 1.38. The largest absolute Gasteiger partial charge is 0.381 e. The van der Waals surface area contributed by atoms with Crippen LogP contribution in [0.15, 0.2) is 46.9 Å². The van der Waals surface area contributed by atoms with Gasteiger partial charge in [-0.1, -0.05) is 51.3 Å². The van der Waals surface area contributed by atoms with Gasteiger partial charge < -0.3 is 15.4 Å². The van der Waals surface area contributed by atoms with Crippen molar-refractivity contribution in [1.29, 1.82) is 0 Å². The van der Waals surface area contributed by atoms with Crippen molar-refractivity contribution in [2.24, 2.45) is 0 Å². The molecule has 0 aliphatic carbocycles. The number of benzene rings is 2. The Bertz CT molecular complexity index is 762. The average Bonchev–Trinajstić information content (AvgIpc) is 2.59. The fourth-order valence-electron chi connectivity index (χ4n) is 2.94. The highest BCUT2D eigenvalue weighted by molar-refractivity contribution is 9.10. The van der Waals surface area contributed by atoms with Crippen molar-refractivity contribution in [3.63, 3.8) is 0 Å². The van der Waals surface area contributed by atoms with Gasteiger partial charge in [-0.25, -0.2) is 4.79 Å². The number of carbonyl (C=O) groups excluding carboxylic acids is 1. The molecular weight excluding hydrogens is 427 g/mol. The number of urea groups is 1. The van der Waals surface area contributed by atoms with E-state index in [9.17, 15) is 4.79 Å². The minimum atomic E-state index is -0.491. The predicted octanol–water partition coefficient (Wildman–Crippen LogP) is 5.58. The van der Waals surface area contributed by atoms with E-state index in [4.69, 9.17) is 27.9 Å². The van der Waals surface area contributed by atoms with E-state index in [-0.39, 0.29) is 6.03 Å². The maximum absolute atomic E-state index is 12.6. The van der Waals surface area contributed by atoms with Crippen LogP contribution in [0.5, 0.6) is 0 Å². The van der Waals surface area contributed by atoms with Crippen LogP contribution in [0.1, 0.15) is 18.4 Å². The van der Waals surface area contributed by atoms with Crippen molar-refractivity contribution < 1.29 is 9.53 Å². The second kappa shape index (κ2) is 7.96. The monoisotopic (exact) mass is 442 g/mol. The van der Waals surface area contributed by atoms with Crippen LogP contribution in [0, 0.1) is 0 Å². The lowest BCUT2D eigenvalue weighted by molar-refractivity contribution is 0.0418. The highest BCUT2D eigenvalue weighted by atomic mass is 79.9. The third kappa shape index (κ3) is 4.47. The molecule has 1 heterocycles. The topological polar surface area (TPSA) is 50.4 Å². The van der Waals surface area contributed by atoms with Crippen LogP contribution in [0.4, 0.5) is 10.5 Å². The zero-order valence-electron chi connectivity index (χ0n) is 13.3. The van der Waals surface area contributed by atoms with Gasteiger partial charge in [-0.05, 0) is 48.7 Å². The minimum absolute atomic E-state index is 0.305. The highest BCUT2D eigenvalue weighted by Crippen LogP contribution is 2.33. The molecule has 2 aromatic rings. The van der Waals surface area contributed by atoms with Gasteiger partial charge in [0.05, 0.1) is 16.2 Å². The van der Waals surface area contributed by atoms with E-state index in [0.29, 0.717) is 41.8 Å². The van der Waals surface area contributed by atoms with Crippen LogP contribution in [0.2, 0.25) is 10.0 Å². The molecule has 1 saturated heterocycles. The Morgan fingerprint density at radius 1 is 1.08 bits per heavy atom. The van der Waals surface area contributed by atoms with E-state index in [2.05, 4.69) is 26.6 Å². The van der Waals surface area contributed by atoms with Crippen molar-refractivity contribution in [3.8, 4) is 0 Å². The smallest absolute Gasteiger partial charge is 0.319 e. The first-order valence-corrected chi connectivity index (χ1v) is 9.41. The normalized spacial score (nSPS) is 16.3. The summed E-state index contributed by atoms with van der Waals surface area (Å²) in [4.78, 5) is 12.6. The highest BCUT2D eigenvalue weighted by Gasteiger charge is 2.36. The zero-order valence-corrected chi connectivity index (χ0v) is 16.4. The van der Waals surface area contributed by atoms with Gasteiger partial charge >= 0.3 is 6.03 Å². The van der Waals surface area contributed by atoms with Crippen LogP contribution in [0.25, 0.3) is 0 Å². The molecule has 0 saturated carbocycles. The van der Waals surface area contributed by atoms with E-state index in [0.717, 1.165) is 10.0 Å². The van der Waals surface area contributed by atoms with Crippen LogP contribution < -0.4 is 10.6 Å². The number of halogens is 3. The minimum Gasteiger partial charge on any atom is -0.381 e. The summed E-state index contributed by atoms with van der Waals surface area (Å²) >= 11 is 15.5. The van der Waals surface area contributed by atoms with Gasteiger partial charge in [0, 0.05) is 22.7 Å². The third-order valence-electron chi connectivity index (χ3n) is 4.28. The number of ether oxygens (including phenoxy) is 1. The lowest BCUT2D eigenvalue weighted by atomic mass is 9.83. The Morgan fingerprint density at radius 3 is 2.40 bits per heavy atom. The number of rotatable bonds is 3. The summed E-state index contributed by atoms with van der Waals surface area (Å²) < 4.78 is 6.33. The second-order valence-corrected chi connectivity index (χ2v) is 7.66. The van der Waals surface area contributed by atoms with Crippen molar-refractivity contribution in [2.75, 3.05) is 18.5 Å². The Balaban J connectivity index is 1.80. The molecule has 0 radical (unpaired) electrons. The number of hydrogen-bond donors (Lipinski definition) is 2. The quantitative estimate of drug-likeness (QED) is 0.650. The van der Waals surface area contributed by atoms with E-state index >= 15 is 0 Å². The standard InChI is InChI=1S/C18H17BrCl2N2O2/c19-13-3-6-16(15(21)11-13)22-17(24)23-18(7-9-25-10-8-18)12-1-4-14(20)5-2-12/h1-6,11H,7-10H2,(H2,22,23,24). The van der Waals surface area contributed by atoms with Crippen molar-refractivity contribution in [3.05, 3.63) is 62.5 Å². The van der Waals surface area contributed by atoms with E-state index in [1.54, 1.807) is 12.1 Å². The van der Waals surface area contributed by atoms with Crippen molar-refractivity contribution in [1.82, 2.24) is 5.32 Å². The van der Waals surface area contributed by atoms with Gasteiger partial charge in [0.1, 0.15) is 0 Å². The molecule has 0 bridgehead atoms. The molecule has 0 aromatic heterocycles. The Morgan fingerprint density at radius 2 is 1.76 bits per heavy atom. The summed E-state index contributed by atoms with van der Waals surface area (Å²) in [5, 5.41) is 7.07. The first kappa shape index (κ1) is 18.5. The van der Waals surface area contributed by atoms with Crippen molar-refractivity contribution in [2.45, 2.75) is 18.4 Å². The van der Waals surface area contributed by atoms with Gasteiger partial charge in [-0.3, -0.25) is 0 Å². The zero-order chi connectivity index (χ0) is 17.9. The molecule has 1 fully saturated rings. The summed E-state index contributed by atoms with van der Waals surface area (Å²) in [5.41, 5.74) is 1.08. The third-order valence-corrected chi connectivity index (χ3v) is 5.33. The summed E-state index contributed by atoms with van der Waals surface area (Å²) in [6.45, 7) is 1.17. The molecule has 2 N–H and O–H groups in total. The molecule has 0 unspecified atom stereocenters. The number of carbonyl (C=O) groups is 1. The Kier molecular flexibility index (Phi) is 5.89. The molecule has 3 rings (SSSR count). The number of anilines is 1. The molecule has 4 nitrogen and oxygen atoms in total. The van der Waals surface area contributed by atoms with Crippen LogP contribution in [-0.4, -0.2) is 19.2 Å². The van der Waals surface area contributed by atoms with Gasteiger partial charge in [-0.15, -0.1) is 0 Å². The van der Waals surface area contributed by atoms with Crippen LogP contribution in [0.3, 0.4) is 0 Å². The van der Waals surface area contributed by atoms with Gasteiger partial charge in [0.25, 0.3) is 0 Å². The second-order valence-electron chi connectivity index (χ2n) is 5.90. The average molecular weight is 444 g/mol. The number of amides is 2. The molecule has 25 heavy (non-hydrogen) atoms. The summed E-state index contributed by atoms with van der Waals surface area (Å²) in [7, 11) is 0. The summed E-state index contributed by atoms with van der Waals surface area (Å²) in [6, 6.07) is 12.6. The molecule has 7 heteroatoms. The fraction of sp³-hybridized carbons (Fsp3) is 0.278. The van der Waals surface area contributed by atoms with Crippen molar-refractivity contribution >= 4 is 50.9 Å². The molecule has 1 aliphatic heterocycles. The molecule has 2 aromatic carbocycles. The first-order chi connectivity index (χ1) is 12.0. The Labute approximate surface area is 165 Å². The molecule has 132 valence electrons. The number of nitrogens with one attached hydrogen (secondary N) is 2. The molecule has 1 aliphatic rings. The van der Waals surface area contributed by atoms with Gasteiger partial charge in [-0.2, -0.15) is 0 Å². The van der Waals surface area contributed by atoms with Crippen LogP contribution in [-0.2, 0) is 10.3 Å². The summed E-state index contributed by atoms with van der Waals surface area (Å²) in [5.74, 6) is 0.